The number of halogens is 1. The molecule has 22 heavy (non-hydrogen) atoms. The Bertz CT molecular complexity index is 714. The molecule has 0 aliphatic rings. The predicted octanol–water partition coefficient (Wildman–Crippen LogP) is 3.92. The van der Waals surface area contributed by atoms with Crippen molar-refractivity contribution in [3.63, 3.8) is 0 Å². The number of anilines is 2. The molecular formula is C17H17ClN2O2. The van der Waals surface area contributed by atoms with Crippen molar-refractivity contribution < 1.29 is 9.59 Å². The number of rotatable bonds is 4. The van der Waals surface area contributed by atoms with E-state index >= 15 is 0 Å². The molecule has 0 aliphatic heterocycles. The Balaban J connectivity index is 1.94. The van der Waals surface area contributed by atoms with Gasteiger partial charge in [-0.15, -0.1) is 0 Å². The van der Waals surface area contributed by atoms with Gasteiger partial charge in [-0.3, -0.25) is 9.59 Å². The molecule has 2 rings (SSSR count). The number of hydrogen-bond donors (Lipinski definition) is 2. The smallest absolute Gasteiger partial charge is 0.233 e. The summed E-state index contributed by atoms with van der Waals surface area (Å²) in [6.45, 7) is 3.74. The van der Waals surface area contributed by atoms with Gasteiger partial charge in [-0.05, 0) is 49.2 Å². The largest absolute Gasteiger partial charge is 0.325 e. The first-order valence-electron chi connectivity index (χ1n) is 6.87. The zero-order valence-electron chi connectivity index (χ0n) is 12.4. The molecule has 0 atom stereocenters. The molecule has 0 bridgehead atoms. The summed E-state index contributed by atoms with van der Waals surface area (Å²) in [6.07, 6.45) is -0.240. The first-order valence-corrected chi connectivity index (χ1v) is 7.25. The summed E-state index contributed by atoms with van der Waals surface area (Å²) in [5.41, 5.74) is 3.16. The summed E-state index contributed by atoms with van der Waals surface area (Å²) in [4.78, 5) is 23.8. The molecule has 114 valence electrons. The van der Waals surface area contributed by atoms with Crippen LogP contribution >= 0.6 is 11.6 Å². The summed E-state index contributed by atoms with van der Waals surface area (Å²) in [5, 5.41) is 6.04. The standard InChI is InChI=1S/C17H17ClN2O2/c1-11-5-3-4-6-14(11)19-16(21)10-17(22)20-15-8-7-13(18)9-12(15)2/h3-9H,10H2,1-2H3,(H,19,21)(H,20,22). The Morgan fingerprint density at radius 2 is 1.50 bits per heavy atom. The van der Waals surface area contributed by atoms with Crippen LogP contribution in [0.5, 0.6) is 0 Å². The minimum absolute atomic E-state index is 0.240. The van der Waals surface area contributed by atoms with E-state index in [1.165, 1.54) is 0 Å². The molecule has 0 saturated carbocycles. The van der Waals surface area contributed by atoms with Gasteiger partial charge in [-0.2, -0.15) is 0 Å². The average molecular weight is 317 g/mol. The number of amides is 2. The summed E-state index contributed by atoms with van der Waals surface area (Å²) in [5.74, 6) is -0.713. The van der Waals surface area contributed by atoms with Gasteiger partial charge in [0.05, 0.1) is 0 Å². The molecule has 0 aromatic heterocycles. The van der Waals surface area contributed by atoms with Crippen LogP contribution in [0.1, 0.15) is 17.5 Å². The van der Waals surface area contributed by atoms with Crippen molar-refractivity contribution in [1.82, 2.24) is 0 Å². The van der Waals surface area contributed by atoms with Crippen LogP contribution in [-0.4, -0.2) is 11.8 Å². The van der Waals surface area contributed by atoms with Crippen molar-refractivity contribution >= 4 is 34.8 Å². The summed E-state index contributed by atoms with van der Waals surface area (Å²) in [7, 11) is 0. The van der Waals surface area contributed by atoms with Crippen molar-refractivity contribution in [2.24, 2.45) is 0 Å². The van der Waals surface area contributed by atoms with E-state index in [2.05, 4.69) is 10.6 Å². The van der Waals surface area contributed by atoms with Crippen molar-refractivity contribution in [2.45, 2.75) is 20.3 Å². The van der Waals surface area contributed by atoms with E-state index in [9.17, 15) is 9.59 Å². The lowest BCUT2D eigenvalue weighted by molar-refractivity contribution is -0.123. The second kappa shape index (κ2) is 7.09. The molecule has 2 amide bonds. The first kappa shape index (κ1) is 16.0. The highest BCUT2D eigenvalue weighted by molar-refractivity contribution is 6.30. The Hall–Kier alpha value is -2.33. The van der Waals surface area contributed by atoms with Gasteiger partial charge in [0.1, 0.15) is 6.42 Å². The molecule has 2 aromatic rings. The summed E-state index contributed by atoms with van der Waals surface area (Å²) >= 11 is 5.87. The van der Waals surface area contributed by atoms with E-state index in [-0.39, 0.29) is 18.2 Å². The zero-order chi connectivity index (χ0) is 16.1. The first-order chi connectivity index (χ1) is 10.5. The molecule has 0 fully saturated rings. The van der Waals surface area contributed by atoms with Gasteiger partial charge >= 0.3 is 0 Å². The minimum Gasteiger partial charge on any atom is -0.325 e. The number of aryl methyl sites for hydroxylation is 2. The molecule has 0 spiro atoms. The molecule has 4 nitrogen and oxygen atoms in total. The molecule has 0 saturated heterocycles. The number of hydrogen-bond acceptors (Lipinski definition) is 2. The van der Waals surface area contributed by atoms with Crippen molar-refractivity contribution in [3.05, 3.63) is 58.6 Å². The normalized spacial score (nSPS) is 10.1. The van der Waals surface area contributed by atoms with E-state index in [0.29, 0.717) is 16.4 Å². The van der Waals surface area contributed by atoms with Crippen molar-refractivity contribution in [3.8, 4) is 0 Å². The Labute approximate surface area is 134 Å². The molecule has 5 heteroatoms. The van der Waals surface area contributed by atoms with Crippen LogP contribution in [-0.2, 0) is 9.59 Å². The summed E-state index contributed by atoms with van der Waals surface area (Å²) < 4.78 is 0. The predicted molar refractivity (Wildman–Crippen MR) is 89.2 cm³/mol. The van der Waals surface area contributed by atoms with E-state index in [0.717, 1.165) is 11.1 Å². The van der Waals surface area contributed by atoms with Crippen molar-refractivity contribution in [1.29, 1.82) is 0 Å². The maximum atomic E-state index is 11.9. The Morgan fingerprint density at radius 3 is 2.09 bits per heavy atom. The quantitative estimate of drug-likeness (QED) is 0.840. The number of nitrogens with one attached hydrogen (secondary N) is 2. The van der Waals surface area contributed by atoms with Crippen LogP contribution in [0.2, 0.25) is 5.02 Å². The van der Waals surface area contributed by atoms with Crippen LogP contribution in [0.3, 0.4) is 0 Å². The van der Waals surface area contributed by atoms with Crippen LogP contribution in [0.25, 0.3) is 0 Å². The Kier molecular flexibility index (Phi) is 5.17. The van der Waals surface area contributed by atoms with Crippen LogP contribution in [0.4, 0.5) is 11.4 Å². The minimum atomic E-state index is -0.364. The molecular weight excluding hydrogens is 300 g/mol. The number of para-hydroxylation sites is 1. The third kappa shape index (κ3) is 4.33. The number of carbonyl (C=O) groups excluding carboxylic acids is 2. The number of benzene rings is 2. The summed E-state index contributed by atoms with van der Waals surface area (Å²) in [6, 6.07) is 12.6. The van der Waals surface area contributed by atoms with Gasteiger partial charge in [-0.1, -0.05) is 29.8 Å². The third-order valence-corrected chi connectivity index (χ3v) is 3.44. The van der Waals surface area contributed by atoms with Gasteiger partial charge in [0.15, 0.2) is 0 Å². The van der Waals surface area contributed by atoms with Gasteiger partial charge in [0.2, 0.25) is 11.8 Å². The molecule has 2 aromatic carbocycles. The fourth-order valence-corrected chi connectivity index (χ4v) is 2.24. The highest BCUT2D eigenvalue weighted by Crippen LogP contribution is 2.20. The van der Waals surface area contributed by atoms with E-state index in [4.69, 9.17) is 11.6 Å². The van der Waals surface area contributed by atoms with Crippen LogP contribution in [0, 0.1) is 13.8 Å². The average Bonchev–Trinajstić information content (AvgIpc) is 2.44. The lowest BCUT2D eigenvalue weighted by atomic mass is 10.2. The van der Waals surface area contributed by atoms with E-state index < -0.39 is 0 Å². The SMILES string of the molecule is Cc1ccccc1NC(=O)CC(=O)Nc1ccc(Cl)cc1C. The fourth-order valence-electron chi connectivity index (χ4n) is 2.02. The molecule has 2 N–H and O–H groups in total. The van der Waals surface area contributed by atoms with Crippen LogP contribution in [0.15, 0.2) is 42.5 Å². The highest BCUT2D eigenvalue weighted by atomic mass is 35.5. The molecule has 0 aliphatic carbocycles. The Morgan fingerprint density at radius 1 is 0.909 bits per heavy atom. The molecule has 0 heterocycles. The van der Waals surface area contributed by atoms with Crippen molar-refractivity contribution in [2.75, 3.05) is 10.6 Å². The monoisotopic (exact) mass is 316 g/mol. The molecule has 0 radical (unpaired) electrons. The molecule has 0 unspecified atom stereocenters. The van der Waals surface area contributed by atoms with Crippen LogP contribution < -0.4 is 10.6 Å². The maximum Gasteiger partial charge on any atom is 0.233 e. The van der Waals surface area contributed by atoms with Gasteiger partial charge < -0.3 is 10.6 Å². The fraction of sp³-hybridized carbons (Fsp3) is 0.176. The zero-order valence-corrected chi connectivity index (χ0v) is 13.2. The second-order valence-electron chi connectivity index (χ2n) is 5.05. The topological polar surface area (TPSA) is 58.2 Å². The highest BCUT2D eigenvalue weighted by Gasteiger charge is 2.11. The van der Waals surface area contributed by atoms with E-state index in [1.807, 2.05) is 32.0 Å². The van der Waals surface area contributed by atoms with E-state index in [1.54, 1.807) is 24.3 Å². The van der Waals surface area contributed by atoms with Gasteiger partial charge in [-0.25, -0.2) is 0 Å². The maximum absolute atomic E-state index is 11.9. The van der Waals surface area contributed by atoms with Gasteiger partial charge in [0, 0.05) is 16.4 Å². The van der Waals surface area contributed by atoms with Gasteiger partial charge in [0.25, 0.3) is 0 Å². The lowest BCUT2D eigenvalue weighted by Gasteiger charge is -2.10. The lowest BCUT2D eigenvalue weighted by Crippen LogP contribution is -2.22. The number of carbonyl (C=O) groups is 2. The third-order valence-electron chi connectivity index (χ3n) is 3.20. The second-order valence-corrected chi connectivity index (χ2v) is 5.48.